The first-order valence-corrected chi connectivity index (χ1v) is 9.62. The minimum absolute atomic E-state index is 0.112. The van der Waals surface area contributed by atoms with Crippen molar-refractivity contribution >= 4 is 33.0 Å². The van der Waals surface area contributed by atoms with Gasteiger partial charge >= 0.3 is 0 Å². The molecule has 1 heterocycles. The Kier molecular flexibility index (Phi) is 3.92. The van der Waals surface area contributed by atoms with Crippen LogP contribution in [-0.2, 0) is 22.9 Å². The molecule has 2 aromatic rings. The molecular weight excluding hydrogens is 320 g/mol. The summed E-state index contributed by atoms with van der Waals surface area (Å²) in [6, 6.07) is 8.71. The van der Waals surface area contributed by atoms with Gasteiger partial charge in [0.05, 0.1) is 6.26 Å². The molecule has 0 bridgehead atoms. The van der Waals surface area contributed by atoms with E-state index in [0.717, 1.165) is 19.1 Å². The number of thiophene rings is 1. The summed E-state index contributed by atoms with van der Waals surface area (Å²) in [7, 11) is -3.35. The number of sulfonamides is 1. The molecule has 0 spiro atoms. The molecule has 3 rings (SSSR count). The Bertz CT molecular complexity index is 791. The summed E-state index contributed by atoms with van der Waals surface area (Å²) >= 11 is 1.72. The van der Waals surface area contributed by atoms with E-state index >= 15 is 0 Å². The average Bonchev–Trinajstić information content (AvgIpc) is 2.97. The summed E-state index contributed by atoms with van der Waals surface area (Å²) in [5.41, 5.74) is 2.15. The lowest BCUT2D eigenvalue weighted by Crippen LogP contribution is -2.35. The number of carbonyl (C=O) groups is 1. The van der Waals surface area contributed by atoms with Crippen LogP contribution in [0.25, 0.3) is 0 Å². The Morgan fingerprint density at radius 2 is 2.09 bits per heavy atom. The van der Waals surface area contributed by atoms with Crippen LogP contribution >= 0.6 is 11.3 Å². The van der Waals surface area contributed by atoms with Crippen molar-refractivity contribution in [2.45, 2.75) is 18.9 Å². The standard InChI is InChI=1S/C15H16N2O3S2/c1-22(19,20)17-12-4-2-3-11(8-12)15(18)16-13-7-10-5-6-21-14(10)9-13/h2-6,8,13,17H,7,9H2,1H3,(H,16,18). The maximum Gasteiger partial charge on any atom is 0.251 e. The third-order valence-corrected chi connectivity index (χ3v) is 5.09. The lowest BCUT2D eigenvalue weighted by molar-refractivity contribution is 0.0938. The van der Waals surface area contributed by atoms with Crippen molar-refractivity contribution in [3.8, 4) is 0 Å². The molecule has 1 aromatic heterocycles. The number of nitrogens with one attached hydrogen (secondary N) is 2. The second kappa shape index (κ2) is 5.73. The number of rotatable bonds is 4. The van der Waals surface area contributed by atoms with Crippen LogP contribution in [0.5, 0.6) is 0 Å². The first kappa shape index (κ1) is 15.1. The predicted molar refractivity (Wildman–Crippen MR) is 87.9 cm³/mol. The number of amides is 1. The van der Waals surface area contributed by atoms with Crippen molar-refractivity contribution < 1.29 is 13.2 Å². The van der Waals surface area contributed by atoms with Crippen LogP contribution in [0.1, 0.15) is 20.8 Å². The van der Waals surface area contributed by atoms with Gasteiger partial charge in [-0.05, 0) is 41.6 Å². The highest BCUT2D eigenvalue weighted by Crippen LogP contribution is 2.27. The van der Waals surface area contributed by atoms with E-state index in [9.17, 15) is 13.2 Å². The normalized spacial score (nSPS) is 17.0. The molecule has 0 aliphatic heterocycles. The van der Waals surface area contributed by atoms with E-state index in [-0.39, 0.29) is 11.9 Å². The summed E-state index contributed by atoms with van der Waals surface area (Å²) in [6.07, 6.45) is 2.79. The van der Waals surface area contributed by atoms with Crippen LogP contribution in [0.4, 0.5) is 5.69 Å². The first-order valence-electron chi connectivity index (χ1n) is 6.85. The van der Waals surface area contributed by atoms with Gasteiger partial charge in [0.25, 0.3) is 5.91 Å². The van der Waals surface area contributed by atoms with Crippen molar-refractivity contribution in [2.75, 3.05) is 11.0 Å². The Hall–Kier alpha value is -1.86. The molecule has 1 unspecified atom stereocenters. The molecule has 7 heteroatoms. The Morgan fingerprint density at radius 1 is 1.27 bits per heavy atom. The van der Waals surface area contributed by atoms with Crippen molar-refractivity contribution in [2.24, 2.45) is 0 Å². The van der Waals surface area contributed by atoms with Crippen LogP contribution in [0.15, 0.2) is 35.7 Å². The summed E-state index contributed by atoms with van der Waals surface area (Å²) in [4.78, 5) is 13.6. The van der Waals surface area contributed by atoms with Crippen molar-refractivity contribution in [1.82, 2.24) is 5.32 Å². The molecule has 1 aromatic carbocycles. The number of anilines is 1. The molecule has 0 radical (unpaired) electrons. The first-order chi connectivity index (χ1) is 10.4. The molecule has 2 N–H and O–H groups in total. The topological polar surface area (TPSA) is 75.3 Å². The summed E-state index contributed by atoms with van der Waals surface area (Å²) in [5.74, 6) is -0.183. The molecule has 1 aliphatic rings. The highest BCUT2D eigenvalue weighted by atomic mass is 32.2. The number of carbonyl (C=O) groups excluding carboxylic acids is 1. The highest BCUT2D eigenvalue weighted by Gasteiger charge is 2.24. The number of hydrogen-bond donors (Lipinski definition) is 2. The summed E-state index contributed by atoms with van der Waals surface area (Å²) in [5, 5.41) is 5.08. The Labute approximate surface area is 133 Å². The maximum atomic E-state index is 12.3. The number of hydrogen-bond acceptors (Lipinski definition) is 4. The molecule has 1 amide bonds. The third-order valence-electron chi connectivity index (χ3n) is 3.50. The van der Waals surface area contributed by atoms with E-state index in [1.165, 1.54) is 10.4 Å². The molecule has 1 aliphatic carbocycles. The maximum absolute atomic E-state index is 12.3. The summed E-state index contributed by atoms with van der Waals surface area (Å²) in [6.45, 7) is 0. The zero-order valence-electron chi connectivity index (χ0n) is 12.0. The Morgan fingerprint density at radius 3 is 2.82 bits per heavy atom. The van der Waals surface area contributed by atoms with Gasteiger partial charge in [0.15, 0.2) is 0 Å². The molecule has 1 atom stereocenters. The van der Waals surface area contributed by atoms with Crippen LogP contribution in [0, 0.1) is 0 Å². The summed E-state index contributed by atoms with van der Waals surface area (Å²) < 4.78 is 24.9. The smallest absolute Gasteiger partial charge is 0.251 e. The lowest BCUT2D eigenvalue weighted by Gasteiger charge is -2.13. The van der Waals surface area contributed by atoms with Gasteiger partial charge in [0.2, 0.25) is 10.0 Å². The van der Waals surface area contributed by atoms with Crippen molar-refractivity contribution in [1.29, 1.82) is 0 Å². The monoisotopic (exact) mass is 336 g/mol. The fraction of sp³-hybridized carbons (Fsp3) is 0.267. The second-order valence-corrected chi connectivity index (χ2v) is 8.15. The minimum atomic E-state index is -3.35. The van der Waals surface area contributed by atoms with Gasteiger partial charge in [-0.3, -0.25) is 9.52 Å². The van der Waals surface area contributed by atoms with Gasteiger partial charge in [-0.1, -0.05) is 6.07 Å². The number of benzene rings is 1. The Balaban J connectivity index is 1.68. The average molecular weight is 336 g/mol. The fourth-order valence-electron chi connectivity index (χ4n) is 2.60. The second-order valence-electron chi connectivity index (χ2n) is 5.40. The lowest BCUT2D eigenvalue weighted by atomic mass is 10.1. The fourth-order valence-corrected chi connectivity index (χ4v) is 4.15. The molecule has 5 nitrogen and oxygen atoms in total. The zero-order valence-corrected chi connectivity index (χ0v) is 13.6. The van der Waals surface area contributed by atoms with E-state index < -0.39 is 10.0 Å². The van der Waals surface area contributed by atoms with Crippen LogP contribution in [0.2, 0.25) is 0 Å². The highest BCUT2D eigenvalue weighted by molar-refractivity contribution is 7.92. The van der Waals surface area contributed by atoms with Crippen molar-refractivity contribution in [3.05, 3.63) is 51.7 Å². The van der Waals surface area contributed by atoms with Crippen molar-refractivity contribution in [3.63, 3.8) is 0 Å². The molecule has 0 saturated heterocycles. The van der Waals surface area contributed by atoms with Gasteiger partial charge in [0.1, 0.15) is 0 Å². The molecule has 0 fully saturated rings. The molecule has 0 saturated carbocycles. The largest absolute Gasteiger partial charge is 0.349 e. The van der Waals surface area contributed by atoms with Gasteiger partial charge < -0.3 is 5.32 Å². The quantitative estimate of drug-likeness (QED) is 0.897. The van der Waals surface area contributed by atoms with E-state index in [4.69, 9.17) is 0 Å². The van der Waals surface area contributed by atoms with Crippen LogP contribution in [-0.4, -0.2) is 26.6 Å². The van der Waals surface area contributed by atoms with E-state index in [0.29, 0.717) is 11.3 Å². The number of fused-ring (bicyclic) bond motifs is 1. The molecular formula is C15H16N2O3S2. The zero-order chi connectivity index (χ0) is 15.7. The third kappa shape index (κ3) is 3.48. The van der Waals surface area contributed by atoms with Gasteiger partial charge in [-0.2, -0.15) is 0 Å². The van der Waals surface area contributed by atoms with Gasteiger partial charge in [-0.15, -0.1) is 11.3 Å². The van der Waals surface area contributed by atoms with E-state index in [2.05, 4.69) is 21.5 Å². The van der Waals surface area contributed by atoms with E-state index in [1.807, 2.05) is 0 Å². The van der Waals surface area contributed by atoms with E-state index in [1.54, 1.807) is 35.6 Å². The molecule has 116 valence electrons. The predicted octanol–water partition coefficient (Wildman–Crippen LogP) is 2.02. The van der Waals surface area contributed by atoms with Crippen LogP contribution in [0.3, 0.4) is 0 Å². The minimum Gasteiger partial charge on any atom is -0.349 e. The SMILES string of the molecule is CS(=O)(=O)Nc1cccc(C(=O)NC2Cc3ccsc3C2)c1. The molecule has 22 heavy (non-hydrogen) atoms. The van der Waals surface area contributed by atoms with Crippen LogP contribution < -0.4 is 10.0 Å². The van der Waals surface area contributed by atoms with Gasteiger partial charge in [-0.25, -0.2) is 8.42 Å². The van der Waals surface area contributed by atoms with Gasteiger partial charge in [0, 0.05) is 28.6 Å².